The Morgan fingerprint density at radius 3 is 1.80 bits per heavy atom. The largest absolute Gasteiger partial charge is 0.472 e. The summed E-state index contributed by atoms with van der Waals surface area (Å²) in [5.74, 6) is -1.33. The fourth-order valence-electron chi connectivity index (χ4n) is 6.26. The lowest BCUT2D eigenvalue weighted by Crippen LogP contribution is -2.64. The number of carbonyl (C=O) groups is 2. The predicted octanol–water partition coefficient (Wildman–Crippen LogP) is 7.03. The molecule has 0 aromatic carbocycles. The van der Waals surface area contributed by atoms with E-state index in [1.807, 2.05) is 30.4 Å². The van der Waals surface area contributed by atoms with E-state index in [1.54, 1.807) is 12.2 Å². The molecule has 8 N–H and O–H groups in total. The van der Waals surface area contributed by atoms with Crippen molar-refractivity contribution in [3.05, 3.63) is 72.9 Å². The van der Waals surface area contributed by atoms with Gasteiger partial charge in [0.2, 0.25) is 0 Å². The number of hydrogen-bond donors (Lipinski definition) is 8. The third-order valence-electron chi connectivity index (χ3n) is 9.81. The van der Waals surface area contributed by atoms with Crippen molar-refractivity contribution in [3.8, 4) is 0 Å². The highest BCUT2D eigenvalue weighted by Gasteiger charge is 2.54. The number of esters is 2. The molecule has 0 aromatic rings. The van der Waals surface area contributed by atoms with Crippen molar-refractivity contribution >= 4 is 27.6 Å². The molecular formula is C45H76O17P2. The zero-order valence-corrected chi connectivity index (χ0v) is 39.3. The molecule has 0 amide bonds. The van der Waals surface area contributed by atoms with Crippen LogP contribution in [-0.2, 0) is 41.8 Å². The Kier molecular flexibility index (Phi) is 33.0. The van der Waals surface area contributed by atoms with Crippen LogP contribution in [0.3, 0.4) is 0 Å². The van der Waals surface area contributed by atoms with Gasteiger partial charge in [0, 0.05) is 12.8 Å². The summed E-state index contributed by atoms with van der Waals surface area (Å²) >= 11 is 0. The Balaban J connectivity index is 2.71. The van der Waals surface area contributed by atoms with Crippen molar-refractivity contribution in [2.24, 2.45) is 0 Å². The molecule has 1 aliphatic carbocycles. The third kappa shape index (κ3) is 29.8. The highest BCUT2D eigenvalue weighted by Crippen LogP contribution is 2.49. The van der Waals surface area contributed by atoms with Gasteiger partial charge in [-0.2, -0.15) is 0 Å². The van der Waals surface area contributed by atoms with E-state index >= 15 is 0 Å². The summed E-state index contributed by atoms with van der Waals surface area (Å²) in [5, 5.41) is 51.2. The smallest absolute Gasteiger partial charge is 0.462 e. The van der Waals surface area contributed by atoms with Crippen LogP contribution >= 0.6 is 15.6 Å². The molecule has 0 heterocycles. The third-order valence-corrected chi connectivity index (χ3v) is 11.3. The number of hydrogen-bond acceptors (Lipinski definition) is 14. The molecule has 19 heteroatoms. The molecule has 368 valence electrons. The molecule has 17 nitrogen and oxygen atoms in total. The monoisotopic (exact) mass is 950 g/mol. The predicted molar refractivity (Wildman–Crippen MR) is 242 cm³/mol. The second-order valence-electron chi connectivity index (χ2n) is 15.6. The zero-order valence-electron chi connectivity index (χ0n) is 37.5. The van der Waals surface area contributed by atoms with Crippen molar-refractivity contribution in [1.82, 2.24) is 0 Å². The van der Waals surface area contributed by atoms with Gasteiger partial charge in [0.25, 0.3) is 0 Å². The molecule has 1 aliphatic rings. The van der Waals surface area contributed by atoms with Crippen LogP contribution in [0.25, 0.3) is 0 Å². The van der Waals surface area contributed by atoms with E-state index in [-0.39, 0.29) is 12.8 Å². The van der Waals surface area contributed by atoms with Gasteiger partial charge in [-0.1, -0.05) is 125 Å². The van der Waals surface area contributed by atoms with Gasteiger partial charge in [0.05, 0.1) is 12.7 Å². The minimum Gasteiger partial charge on any atom is -0.462 e. The standard InChI is InChI=1S/C45H76O17P2/c1-3-5-7-9-11-12-13-14-15-16-20-24-28-32-38(47)58-34-37(35-59-64(56,57)62-45-42(51)40(49)41(50)44(43(45)52)61-63(53,54)55)60-39(48)33-29-25-21-18-17-19-23-27-31-36(46)30-26-22-10-8-6-4-2/h7,9,12-13,18-19,21-23,26-27,31,36-37,40-46,49-52H,3-6,8,10-11,14-17,20,24-25,28-30,32-35H2,1-2H3,(H,56,57)(H2,53,54,55)/b9-7-,13-12-,21-18-,23-19-,26-22-,31-27+/t36-,37+,40?,41?,42?,43?,44+,45-/m0/s1. The molecule has 0 radical (unpaired) electrons. The summed E-state index contributed by atoms with van der Waals surface area (Å²) in [6.45, 7) is 2.86. The number of aliphatic hydroxyl groups is 5. The summed E-state index contributed by atoms with van der Waals surface area (Å²) in [7, 11) is -10.7. The first kappa shape index (κ1) is 59.4. The van der Waals surface area contributed by atoms with Gasteiger partial charge in [-0.3, -0.25) is 23.2 Å². The van der Waals surface area contributed by atoms with Gasteiger partial charge in [-0.05, 0) is 70.6 Å². The van der Waals surface area contributed by atoms with Crippen molar-refractivity contribution in [2.45, 2.75) is 185 Å². The summed E-state index contributed by atoms with van der Waals surface area (Å²) in [6.07, 6.45) is 23.3. The molecular weight excluding hydrogens is 874 g/mol. The summed E-state index contributed by atoms with van der Waals surface area (Å²) in [5.41, 5.74) is 0. The van der Waals surface area contributed by atoms with Crippen LogP contribution in [-0.4, -0.2) is 114 Å². The first-order chi connectivity index (χ1) is 30.5. The first-order valence-electron chi connectivity index (χ1n) is 22.6. The molecule has 5 unspecified atom stereocenters. The van der Waals surface area contributed by atoms with Crippen molar-refractivity contribution < 1.29 is 82.0 Å². The SMILES string of the molecule is CCC/C=C\C/C=C\CCCCCCCC(=O)OC[C@H](COP(=O)(O)O[C@H]1C(O)C(O)C(O)[C@@H](OP(=O)(O)O)C1O)OC(=O)CCC/C=C\C/C=C\C=C\[C@@H](O)C/C=C\CCCCC. The van der Waals surface area contributed by atoms with E-state index in [9.17, 15) is 49.1 Å². The van der Waals surface area contributed by atoms with Crippen LogP contribution < -0.4 is 0 Å². The molecule has 1 saturated carbocycles. The Labute approximate surface area is 379 Å². The summed E-state index contributed by atoms with van der Waals surface area (Å²) in [4.78, 5) is 54.1. The van der Waals surface area contributed by atoms with E-state index in [2.05, 4.69) is 48.8 Å². The van der Waals surface area contributed by atoms with E-state index in [0.717, 1.165) is 64.2 Å². The lowest BCUT2D eigenvalue weighted by molar-refractivity contribution is -0.216. The van der Waals surface area contributed by atoms with Crippen LogP contribution in [0.15, 0.2) is 72.9 Å². The van der Waals surface area contributed by atoms with E-state index in [1.165, 1.54) is 12.8 Å². The van der Waals surface area contributed by atoms with Crippen LogP contribution in [0.2, 0.25) is 0 Å². The Morgan fingerprint density at radius 2 is 1.14 bits per heavy atom. The number of ether oxygens (including phenoxy) is 2. The fraction of sp³-hybridized carbons (Fsp3) is 0.689. The summed E-state index contributed by atoms with van der Waals surface area (Å²) in [6, 6.07) is 0. The maximum absolute atomic E-state index is 13.0. The van der Waals surface area contributed by atoms with E-state index in [0.29, 0.717) is 32.1 Å². The molecule has 9 atom stereocenters. The van der Waals surface area contributed by atoms with Crippen molar-refractivity contribution in [3.63, 3.8) is 0 Å². The fourth-order valence-corrected chi connectivity index (χ4v) is 7.80. The average molecular weight is 951 g/mol. The van der Waals surface area contributed by atoms with Gasteiger partial charge in [-0.15, -0.1) is 0 Å². The topological polar surface area (TPSA) is 276 Å². The lowest BCUT2D eigenvalue weighted by atomic mass is 9.85. The van der Waals surface area contributed by atoms with Gasteiger partial charge >= 0.3 is 27.6 Å². The van der Waals surface area contributed by atoms with Gasteiger partial charge < -0.3 is 49.7 Å². The lowest BCUT2D eigenvalue weighted by Gasteiger charge is -2.43. The molecule has 0 aliphatic heterocycles. The first-order valence-corrected chi connectivity index (χ1v) is 25.6. The van der Waals surface area contributed by atoms with Crippen LogP contribution in [0.1, 0.15) is 136 Å². The summed E-state index contributed by atoms with van der Waals surface area (Å²) < 4.78 is 49.2. The number of aliphatic hydroxyl groups excluding tert-OH is 5. The minimum atomic E-state index is -5.38. The van der Waals surface area contributed by atoms with Gasteiger partial charge in [0.1, 0.15) is 43.2 Å². The number of carbonyl (C=O) groups excluding carboxylic acids is 2. The molecule has 0 saturated heterocycles. The van der Waals surface area contributed by atoms with Crippen molar-refractivity contribution in [2.75, 3.05) is 13.2 Å². The van der Waals surface area contributed by atoms with Crippen LogP contribution in [0.5, 0.6) is 0 Å². The molecule has 0 bridgehead atoms. The normalized spacial score (nSPS) is 23.0. The second-order valence-corrected chi connectivity index (χ2v) is 18.2. The molecule has 0 spiro atoms. The van der Waals surface area contributed by atoms with Crippen molar-refractivity contribution in [1.29, 1.82) is 0 Å². The highest BCUT2D eigenvalue weighted by atomic mass is 31.2. The number of rotatable bonds is 36. The molecule has 0 aromatic heterocycles. The highest BCUT2D eigenvalue weighted by molar-refractivity contribution is 7.47. The van der Waals surface area contributed by atoms with Crippen LogP contribution in [0, 0.1) is 0 Å². The molecule has 64 heavy (non-hydrogen) atoms. The number of phosphoric ester groups is 2. The number of unbranched alkanes of at least 4 members (excludes halogenated alkanes) is 10. The quantitative estimate of drug-likeness (QED) is 0.0103. The Bertz CT molecular complexity index is 1540. The van der Waals surface area contributed by atoms with Gasteiger partial charge in [-0.25, -0.2) is 9.13 Å². The molecule has 1 rings (SSSR count). The maximum Gasteiger partial charge on any atom is 0.472 e. The van der Waals surface area contributed by atoms with E-state index in [4.69, 9.17) is 28.3 Å². The average Bonchev–Trinajstić information content (AvgIpc) is 3.24. The Morgan fingerprint density at radius 1 is 0.578 bits per heavy atom. The molecule has 1 fully saturated rings. The number of phosphoric acid groups is 2. The zero-order chi connectivity index (χ0) is 47.6. The Hall–Kier alpha value is -2.60. The van der Waals surface area contributed by atoms with Gasteiger partial charge in [0.15, 0.2) is 6.10 Å². The number of allylic oxidation sites excluding steroid dienone is 10. The second kappa shape index (κ2) is 35.6. The van der Waals surface area contributed by atoms with Crippen LogP contribution in [0.4, 0.5) is 0 Å². The van der Waals surface area contributed by atoms with E-state index < -0.39 is 89.6 Å². The minimum absolute atomic E-state index is 0.0704. The maximum atomic E-state index is 13.0.